The molecular weight excluding hydrogens is 384 g/mol. The normalized spacial score (nSPS) is 20.1. The Morgan fingerprint density at radius 3 is 2.77 bits per heavy atom. The van der Waals surface area contributed by atoms with Crippen LogP contribution in [0.2, 0.25) is 0 Å². The lowest BCUT2D eigenvalue weighted by molar-refractivity contribution is -0.122. The van der Waals surface area contributed by atoms with Crippen LogP contribution in [0.15, 0.2) is 36.5 Å². The van der Waals surface area contributed by atoms with Crippen LogP contribution in [0.25, 0.3) is 0 Å². The van der Waals surface area contributed by atoms with E-state index in [2.05, 4.69) is 35.9 Å². The van der Waals surface area contributed by atoms with Gasteiger partial charge in [0.15, 0.2) is 0 Å². The summed E-state index contributed by atoms with van der Waals surface area (Å²) >= 11 is 0. The highest BCUT2D eigenvalue weighted by Gasteiger charge is 2.47. The van der Waals surface area contributed by atoms with Crippen molar-refractivity contribution >= 4 is 17.3 Å². The molecule has 3 heterocycles. The van der Waals surface area contributed by atoms with E-state index in [9.17, 15) is 10.1 Å². The number of hydrogen-bond donors (Lipinski definition) is 0. The van der Waals surface area contributed by atoms with E-state index >= 15 is 0 Å². The van der Waals surface area contributed by atoms with E-state index in [0.29, 0.717) is 23.9 Å². The fourth-order valence-electron chi connectivity index (χ4n) is 5.19. The quantitative estimate of drug-likeness (QED) is 0.685. The van der Waals surface area contributed by atoms with E-state index in [1.54, 1.807) is 0 Å². The Morgan fingerprint density at radius 2 is 2.03 bits per heavy atom. The number of rotatable bonds is 5. The van der Waals surface area contributed by atoms with Crippen LogP contribution in [0.4, 0.5) is 11.4 Å². The number of fused-ring (bicyclic) bond motifs is 1. The maximum atomic E-state index is 13.5. The average Bonchev–Trinajstić information content (AvgIpc) is 2.94. The van der Waals surface area contributed by atoms with E-state index in [0.717, 1.165) is 35.7 Å². The van der Waals surface area contributed by atoms with Gasteiger partial charge < -0.3 is 9.80 Å². The van der Waals surface area contributed by atoms with Crippen LogP contribution in [0.3, 0.4) is 0 Å². The molecule has 31 heavy (non-hydrogen) atoms. The Bertz CT molecular complexity index is 1020. The van der Waals surface area contributed by atoms with Gasteiger partial charge in [-0.1, -0.05) is 32.0 Å². The number of piperidine rings is 1. The van der Waals surface area contributed by atoms with E-state index < -0.39 is 5.41 Å². The molecule has 1 fully saturated rings. The number of hydrogen-bond acceptors (Lipinski definition) is 4. The summed E-state index contributed by atoms with van der Waals surface area (Å²) in [5.41, 5.74) is 3.67. The fourth-order valence-corrected chi connectivity index (χ4v) is 5.19. The summed E-state index contributed by atoms with van der Waals surface area (Å²) in [5, 5.41) is 9.54. The van der Waals surface area contributed by atoms with Crippen LogP contribution in [0.5, 0.6) is 0 Å². The SMILES string of the molecule is CC(C)CC1CCCN(c2ccnc3c2N(Cc2ccccc2C#N)C(=O)C3(C)C)C1. The van der Waals surface area contributed by atoms with Crippen molar-refractivity contribution in [3.8, 4) is 6.07 Å². The number of carbonyl (C=O) groups excluding carboxylic acids is 1. The van der Waals surface area contributed by atoms with Crippen molar-refractivity contribution in [1.29, 1.82) is 5.26 Å². The zero-order valence-corrected chi connectivity index (χ0v) is 19.1. The molecule has 1 saturated heterocycles. The lowest BCUT2D eigenvalue weighted by atomic mass is 9.88. The Balaban J connectivity index is 1.74. The number of carbonyl (C=O) groups is 1. The smallest absolute Gasteiger partial charge is 0.239 e. The molecule has 1 atom stereocenters. The zero-order chi connectivity index (χ0) is 22.2. The first-order chi connectivity index (χ1) is 14.8. The number of benzene rings is 1. The highest BCUT2D eigenvalue weighted by atomic mass is 16.2. The van der Waals surface area contributed by atoms with Crippen LogP contribution in [0.1, 0.15) is 63.8 Å². The standard InChI is InChI=1S/C26H32N4O/c1-18(2)14-19-8-7-13-29(16-19)22-11-12-28-24-23(22)30(25(31)26(24,3)4)17-21-10-6-5-9-20(21)15-27/h5-6,9-12,18-19H,7-8,13-14,16-17H2,1-4H3. The molecule has 4 rings (SSSR count). The summed E-state index contributed by atoms with van der Waals surface area (Å²) in [4.78, 5) is 22.5. The molecule has 2 aliphatic rings. The van der Waals surface area contributed by atoms with Gasteiger partial charge in [-0.2, -0.15) is 5.26 Å². The summed E-state index contributed by atoms with van der Waals surface area (Å²) in [6.07, 6.45) is 5.52. The summed E-state index contributed by atoms with van der Waals surface area (Å²) in [5.74, 6) is 1.41. The van der Waals surface area contributed by atoms with Crippen LogP contribution in [-0.4, -0.2) is 24.0 Å². The summed E-state index contributed by atoms with van der Waals surface area (Å²) in [7, 11) is 0. The first-order valence-electron chi connectivity index (χ1n) is 11.4. The van der Waals surface area contributed by atoms with Crippen LogP contribution in [-0.2, 0) is 16.8 Å². The maximum Gasteiger partial charge on any atom is 0.239 e. The summed E-state index contributed by atoms with van der Waals surface area (Å²) < 4.78 is 0. The first-order valence-corrected chi connectivity index (χ1v) is 11.4. The van der Waals surface area contributed by atoms with Crippen LogP contribution < -0.4 is 9.80 Å². The number of amides is 1. The molecule has 162 valence electrons. The second-order valence-corrected chi connectivity index (χ2v) is 9.90. The van der Waals surface area contributed by atoms with Crippen molar-refractivity contribution < 1.29 is 4.79 Å². The Labute approximate surface area is 185 Å². The number of aromatic nitrogens is 1. The van der Waals surface area contributed by atoms with Crippen molar-refractivity contribution in [2.75, 3.05) is 22.9 Å². The van der Waals surface area contributed by atoms with Crippen molar-refractivity contribution in [2.24, 2.45) is 11.8 Å². The van der Waals surface area contributed by atoms with Crippen molar-refractivity contribution in [1.82, 2.24) is 4.98 Å². The minimum Gasteiger partial charge on any atom is -0.369 e. The van der Waals surface area contributed by atoms with Crippen LogP contribution >= 0.6 is 0 Å². The lowest BCUT2D eigenvalue weighted by Crippen LogP contribution is -2.38. The predicted octanol–water partition coefficient (Wildman–Crippen LogP) is 5.04. The van der Waals surface area contributed by atoms with Crippen LogP contribution in [0, 0.1) is 23.2 Å². The zero-order valence-electron chi connectivity index (χ0n) is 19.1. The van der Waals surface area contributed by atoms with Gasteiger partial charge in [-0.05, 0) is 62.6 Å². The molecule has 5 nitrogen and oxygen atoms in total. The summed E-state index contributed by atoms with van der Waals surface area (Å²) in [6, 6.07) is 11.9. The number of nitriles is 1. The van der Waals surface area contributed by atoms with Gasteiger partial charge in [-0.25, -0.2) is 0 Å². The van der Waals surface area contributed by atoms with E-state index in [4.69, 9.17) is 0 Å². The Hall–Kier alpha value is -2.87. The second kappa shape index (κ2) is 8.34. The van der Waals surface area contributed by atoms with E-state index in [1.165, 1.54) is 19.3 Å². The monoisotopic (exact) mass is 416 g/mol. The lowest BCUT2D eigenvalue weighted by Gasteiger charge is -2.37. The molecule has 2 aliphatic heterocycles. The number of pyridine rings is 1. The minimum atomic E-state index is -0.681. The molecule has 5 heteroatoms. The topological polar surface area (TPSA) is 60.2 Å². The molecular formula is C26H32N4O. The van der Waals surface area contributed by atoms with Gasteiger partial charge in [0.1, 0.15) is 0 Å². The molecule has 2 aromatic rings. The van der Waals surface area contributed by atoms with Gasteiger partial charge in [0.25, 0.3) is 0 Å². The van der Waals surface area contributed by atoms with Crippen molar-refractivity contribution in [3.63, 3.8) is 0 Å². The Kier molecular flexibility index (Phi) is 5.75. The van der Waals surface area contributed by atoms with E-state index in [-0.39, 0.29) is 5.91 Å². The van der Waals surface area contributed by atoms with Gasteiger partial charge in [-0.15, -0.1) is 0 Å². The average molecular weight is 417 g/mol. The van der Waals surface area contributed by atoms with Gasteiger partial charge in [0, 0.05) is 19.3 Å². The third kappa shape index (κ3) is 3.92. The minimum absolute atomic E-state index is 0.0472. The molecule has 1 amide bonds. The number of nitrogens with zero attached hydrogens (tertiary/aromatic N) is 4. The second-order valence-electron chi connectivity index (χ2n) is 9.90. The molecule has 0 saturated carbocycles. The third-order valence-electron chi connectivity index (χ3n) is 6.68. The number of anilines is 2. The Morgan fingerprint density at radius 1 is 1.26 bits per heavy atom. The highest BCUT2D eigenvalue weighted by molar-refractivity contribution is 6.09. The first kappa shape index (κ1) is 21.4. The molecule has 0 radical (unpaired) electrons. The summed E-state index contributed by atoms with van der Waals surface area (Å²) in [6.45, 7) is 10.9. The van der Waals surface area contributed by atoms with Crippen molar-refractivity contribution in [3.05, 3.63) is 53.3 Å². The van der Waals surface area contributed by atoms with Gasteiger partial charge >= 0.3 is 0 Å². The molecule has 1 aromatic carbocycles. The molecule has 0 aliphatic carbocycles. The van der Waals surface area contributed by atoms with Crippen molar-refractivity contribution in [2.45, 2.75) is 58.9 Å². The van der Waals surface area contributed by atoms with E-state index in [1.807, 2.05) is 49.2 Å². The molecule has 0 spiro atoms. The third-order valence-corrected chi connectivity index (χ3v) is 6.68. The molecule has 1 unspecified atom stereocenters. The van der Waals surface area contributed by atoms with Gasteiger partial charge in [0.05, 0.1) is 40.7 Å². The molecule has 1 aromatic heterocycles. The van der Waals surface area contributed by atoms with Gasteiger partial charge in [0.2, 0.25) is 5.91 Å². The largest absolute Gasteiger partial charge is 0.369 e. The molecule has 0 N–H and O–H groups in total. The fraction of sp³-hybridized carbons (Fsp3) is 0.500. The highest BCUT2D eigenvalue weighted by Crippen LogP contribution is 2.47. The predicted molar refractivity (Wildman–Crippen MR) is 124 cm³/mol. The van der Waals surface area contributed by atoms with Gasteiger partial charge in [-0.3, -0.25) is 9.78 Å². The maximum absolute atomic E-state index is 13.5. The molecule has 0 bridgehead atoms.